The molecule has 8 aromatic carbocycles. The van der Waals surface area contributed by atoms with Gasteiger partial charge in [0.2, 0.25) is 0 Å². The van der Waals surface area contributed by atoms with Crippen LogP contribution in [-0.4, -0.2) is 10.7 Å². The van der Waals surface area contributed by atoms with Crippen molar-refractivity contribution in [1.82, 2.24) is 4.98 Å². The SMILES string of the molecule is C1=CC(c2cccc3c2ccc2cc4ccccc4cc23)=CN=C(c2ccc(-c3cccc4c3ccc3cc5ccccc5cc34)cn2)C1. The average Bonchev–Trinajstić information content (AvgIpc) is 3.42. The number of aliphatic imine (C=N–C) groups is 1. The van der Waals surface area contributed by atoms with Crippen LogP contribution in [0, 0.1) is 0 Å². The summed E-state index contributed by atoms with van der Waals surface area (Å²) in [5.74, 6) is 0. The number of benzene rings is 8. The zero-order chi connectivity index (χ0) is 32.3. The molecule has 0 saturated carbocycles. The molecular weight excluding hydrogens is 593 g/mol. The minimum Gasteiger partial charge on any atom is -0.258 e. The van der Waals surface area contributed by atoms with E-state index in [0.29, 0.717) is 0 Å². The van der Waals surface area contributed by atoms with Crippen molar-refractivity contribution in [2.24, 2.45) is 4.99 Å². The first-order valence-electron chi connectivity index (χ1n) is 16.9. The van der Waals surface area contributed by atoms with Crippen LogP contribution in [0.2, 0.25) is 0 Å². The number of hydrogen-bond donors (Lipinski definition) is 0. The monoisotopic (exact) mass is 622 g/mol. The predicted octanol–water partition coefficient (Wildman–Crippen LogP) is 12.5. The standard InChI is InChI=1S/C47H30N2/c1-3-10-32-26-44-34(24-30(32)8-1)18-21-42-38(13-6-15-40(42)44)36-12-5-17-46(48-28-36)47-23-20-37(29-49-47)39-14-7-16-41-43(39)22-19-35-25-31-9-2-4-11-33(31)27-45(35)41/h1-16,18-29H,17H2. The fraction of sp³-hybridized carbons (Fsp3) is 0.0213. The first-order valence-corrected chi connectivity index (χ1v) is 16.9. The molecular formula is C47H30N2. The number of fused-ring (bicyclic) bond motifs is 8. The highest BCUT2D eigenvalue weighted by atomic mass is 14.8. The fourth-order valence-corrected chi connectivity index (χ4v) is 7.66. The Hall–Kier alpha value is -6.38. The van der Waals surface area contributed by atoms with Gasteiger partial charge in [0.15, 0.2) is 0 Å². The summed E-state index contributed by atoms with van der Waals surface area (Å²) in [4.78, 5) is 9.95. The molecule has 1 aliphatic heterocycles. The molecule has 1 aromatic heterocycles. The molecule has 0 fully saturated rings. The van der Waals surface area contributed by atoms with Crippen LogP contribution < -0.4 is 0 Å². The van der Waals surface area contributed by atoms with Gasteiger partial charge in [-0.25, -0.2) is 0 Å². The van der Waals surface area contributed by atoms with Crippen LogP contribution in [-0.2, 0) is 0 Å². The molecule has 228 valence electrons. The van der Waals surface area contributed by atoms with Crippen molar-refractivity contribution in [2.45, 2.75) is 6.42 Å². The predicted molar refractivity (Wildman–Crippen MR) is 209 cm³/mol. The molecule has 10 rings (SSSR count). The molecule has 2 heteroatoms. The Morgan fingerprint density at radius 3 is 1.63 bits per heavy atom. The van der Waals surface area contributed by atoms with E-state index >= 15 is 0 Å². The quantitative estimate of drug-likeness (QED) is 0.142. The lowest BCUT2D eigenvalue weighted by atomic mass is 9.93. The van der Waals surface area contributed by atoms with E-state index in [9.17, 15) is 0 Å². The Kier molecular flexibility index (Phi) is 6.28. The summed E-state index contributed by atoms with van der Waals surface area (Å²) in [6.45, 7) is 0. The van der Waals surface area contributed by atoms with E-state index in [2.05, 4.69) is 158 Å². The lowest BCUT2D eigenvalue weighted by molar-refractivity contribution is 1.26. The Morgan fingerprint density at radius 1 is 0.429 bits per heavy atom. The van der Waals surface area contributed by atoms with Gasteiger partial charge in [-0.15, -0.1) is 0 Å². The lowest BCUT2D eigenvalue weighted by Crippen LogP contribution is -2.01. The topological polar surface area (TPSA) is 25.2 Å². The smallest absolute Gasteiger partial charge is 0.0848 e. The number of hydrogen-bond acceptors (Lipinski definition) is 2. The summed E-state index contributed by atoms with van der Waals surface area (Å²) in [5.41, 5.74) is 6.45. The van der Waals surface area contributed by atoms with E-state index in [1.54, 1.807) is 0 Å². The van der Waals surface area contributed by atoms with Crippen LogP contribution in [0.15, 0.2) is 175 Å². The first kappa shape index (κ1) is 27.7. The van der Waals surface area contributed by atoms with Gasteiger partial charge in [-0.3, -0.25) is 9.98 Å². The summed E-state index contributed by atoms with van der Waals surface area (Å²) in [5, 5.41) is 15.1. The van der Waals surface area contributed by atoms with E-state index in [-0.39, 0.29) is 0 Å². The van der Waals surface area contributed by atoms with Crippen LogP contribution >= 0.6 is 0 Å². The van der Waals surface area contributed by atoms with Crippen molar-refractivity contribution in [3.63, 3.8) is 0 Å². The Balaban J connectivity index is 1.00. The number of allylic oxidation sites excluding steroid dienone is 3. The molecule has 49 heavy (non-hydrogen) atoms. The van der Waals surface area contributed by atoms with Gasteiger partial charge in [-0.1, -0.05) is 127 Å². The van der Waals surface area contributed by atoms with E-state index in [1.165, 1.54) is 75.8 Å². The zero-order valence-electron chi connectivity index (χ0n) is 26.8. The van der Waals surface area contributed by atoms with E-state index < -0.39 is 0 Å². The Labute approximate surface area is 284 Å². The van der Waals surface area contributed by atoms with Gasteiger partial charge in [-0.2, -0.15) is 0 Å². The maximum absolute atomic E-state index is 5.00. The van der Waals surface area contributed by atoms with Gasteiger partial charge >= 0.3 is 0 Å². The molecule has 2 heterocycles. The maximum Gasteiger partial charge on any atom is 0.0848 e. The van der Waals surface area contributed by atoms with Crippen LogP contribution in [0.4, 0.5) is 0 Å². The van der Waals surface area contributed by atoms with Gasteiger partial charge < -0.3 is 0 Å². The van der Waals surface area contributed by atoms with Gasteiger partial charge in [0.25, 0.3) is 0 Å². The molecule has 0 bridgehead atoms. The second kappa shape index (κ2) is 11.1. The second-order valence-corrected chi connectivity index (χ2v) is 13.0. The van der Waals surface area contributed by atoms with Crippen LogP contribution in [0.25, 0.3) is 81.3 Å². The minimum absolute atomic E-state index is 0.722. The average molecular weight is 623 g/mol. The lowest BCUT2D eigenvalue weighted by Gasteiger charge is -2.11. The number of nitrogens with zero attached hydrogens (tertiary/aromatic N) is 2. The van der Waals surface area contributed by atoms with Crippen LogP contribution in [0.1, 0.15) is 17.7 Å². The van der Waals surface area contributed by atoms with E-state index in [0.717, 1.165) is 29.0 Å². The highest BCUT2D eigenvalue weighted by molar-refractivity contribution is 6.16. The van der Waals surface area contributed by atoms with Gasteiger partial charge in [0, 0.05) is 30.0 Å². The number of aromatic nitrogens is 1. The summed E-state index contributed by atoms with van der Waals surface area (Å²) < 4.78 is 0. The van der Waals surface area contributed by atoms with Gasteiger partial charge in [-0.05, 0) is 106 Å². The Bertz CT molecular complexity index is 2890. The zero-order valence-corrected chi connectivity index (χ0v) is 26.8. The summed E-state index contributed by atoms with van der Waals surface area (Å²) in [6, 6.07) is 52.9. The molecule has 0 atom stereocenters. The van der Waals surface area contributed by atoms with Crippen LogP contribution in [0.5, 0.6) is 0 Å². The minimum atomic E-state index is 0.722. The highest BCUT2D eigenvalue weighted by Gasteiger charge is 2.13. The molecule has 2 nitrogen and oxygen atoms in total. The number of rotatable bonds is 3. The molecule has 9 aromatic rings. The summed E-state index contributed by atoms with van der Waals surface area (Å²) in [7, 11) is 0. The van der Waals surface area contributed by atoms with Gasteiger partial charge in [0.1, 0.15) is 0 Å². The van der Waals surface area contributed by atoms with E-state index in [1.807, 2.05) is 12.4 Å². The van der Waals surface area contributed by atoms with E-state index in [4.69, 9.17) is 9.98 Å². The molecule has 0 aliphatic carbocycles. The maximum atomic E-state index is 5.00. The molecule has 0 spiro atoms. The summed E-state index contributed by atoms with van der Waals surface area (Å²) >= 11 is 0. The molecule has 0 N–H and O–H groups in total. The first-order chi connectivity index (χ1) is 24.3. The fourth-order valence-electron chi connectivity index (χ4n) is 7.66. The van der Waals surface area contributed by atoms with Crippen molar-refractivity contribution >= 4 is 75.9 Å². The third-order valence-electron chi connectivity index (χ3n) is 10.1. The normalized spacial score (nSPS) is 13.4. The largest absolute Gasteiger partial charge is 0.258 e. The third-order valence-corrected chi connectivity index (χ3v) is 10.1. The van der Waals surface area contributed by atoms with Crippen molar-refractivity contribution < 1.29 is 0 Å². The molecule has 0 radical (unpaired) electrons. The Morgan fingerprint density at radius 2 is 1.02 bits per heavy atom. The van der Waals surface area contributed by atoms with Crippen molar-refractivity contribution in [1.29, 1.82) is 0 Å². The third kappa shape index (κ3) is 4.64. The van der Waals surface area contributed by atoms with Crippen LogP contribution in [0.3, 0.4) is 0 Å². The van der Waals surface area contributed by atoms with Gasteiger partial charge in [0.05, 0.1) is 11.4 Å². The molecule has 0 amide bonds. The number of pyridine rings is 1. The van der Waals surface area contributed by atoms with Crippen molar-refractivity contribution in [3.8, 4) is 11.1 Å². The second-order valence-electron chi connectivity index (χ2n) is 13.0. The van der Waals surface area contributed by atoms with Crippen molar-refractivity contribution in [2.75, 3.05) is 0 Å². The molecule has 0 unspecified atom stereocenters. The molecule has 0 saturated heterocycles. The highest BCUT2D eigenvalue weighted by Crippen LogP contribution is 2.36. The van der Waals surface area contributed by atoms with Crippen molar-refractivity contribution in [3.05, 3.63) is 181 Å². The summed E-state index contributed by atoms with van der Waals surface area (Å²) in [6.07, 6.45) is 9.14. The molecule has 1 aliphatic rings.